The van der Waals surface area contributed by atoms with Gasteiger partial charge in [-0.3, -0.25) is 0 Å². The van der Waals surface area contributed by atoms with E-state index in [-0.39, 0.29) is 0 Å². The van der Waals surface area contributed by atoms with E-state index in [1.807, 2.05) is 31.2 Å². The Hall–Kier alpha value is -1.76. The quantitative estimate of drug-likeness (QED) is 0.727. The van der Waals surface area contributed by atoms with Gasteiger partial charge in [0.2, 0.25) is 0 Å². The average molecular weight is 198 g/mol. The predicted octanol–water partition coefficient (Wildman–Crippen LogP) is 3.88. The van der Waals surface area contributed by atoms with E-state index in [2.05, 4.69) is 24.8 Å². The van der Waals surface area contributed by atoms with E-state index in [4.69, 9.17) is 4.74 Å². The van der Waals surface area contributed by atoms with Crippen LogP contribution < -0.4 is 4.74 Å². The fourth-order valence-corrected chi connectivity index (χ4v) is 1.73. The summed E-state index contributed by atoms with van der Waals surface area (Å²) in [6.45, 7) is 6.47. The summed E-state index contributed by atoms with van der Waals surface area (Å²) in [5.74, 6) is 0.936. The van der Waals surface area contributed by atoms with Gasteiger partial charge in [-0.25, -0.2) is 0 Å². The van der Waals surface area contributed by atoms with Crippen LogP contribution in [0.25, 0.3) is 16.8 Å². The molecule has 0 atom stereocenters. The fourth-order valence-electron chi connectivity index (χ4n) is 1.73. The van der Waals surface area contributed by atoms with Crippen molar-refractivity contribution in [2.45, 2.75) is 6.92 Å². The maximum absolute atomic E-state index is 5.67. The summed E-state index contributed by atoms with van der Waals surface area (Å²) in [6, 6.07) is 12.4. The van der Waals surface area contributed by atoms with Gasteiger partial charge in [-0.05, 0) is 12.3 Å². The van der Waals surface area contributed by atoms with Crippen LogP contribution >= 0.6 is 0 Å². The van der Waals surface area contributed by atoms with Crippen LogP contribution in [-0.4, -0.2) is 6.61 Å². The molecule has 0 fully saturated rings. The lowest BCUT2D eigenvalue weighted by molar-refractivity contribution is 0.343. The van der Waals surface area contributed by atoms with Crippen molar-refractivity contribution < 1.29 is 4.74 Å². The molecule has 0 saturated carbocycles. The molecule has 0 aliphatic carbocycles. The number of rotatable bonds is 3. The van der Waals surface area contributed by atoms with Crippen molar-refractivity contribution in [3.63, 3.8) is 0 Å². The lowest BCUT2D eigenvalue weighted by Crippen LogP contribution is -1.94. The molecule has 0 amide bonds. The van der Waals surface area contributed by atoms with E-state index in [1.165, 1.54) is 5.39 Å². The Morgan fingerprint density at radius 2 is 2.00 bits per heavy atom. The maximum atomic E-state index is 5.67. The smallest absolute Gasteiger partial charge is 0.134 e. The van der Waals surface area contributed by atoms with Crippen molar-refractivity contribution in [2.24, 2.45) is 0 Å². The summed E-state index contributed by atoms with van der Waals surface area (Å²) in [7, 11) is 0. The minimum atomic E-state index is 0.675. The fraction of sp³-hybridized carbons (Fsp3) is 0.143. The molecule has 2 aromatic carbocycles. The molecule has 0 aromatic heterocycles. The number of benzene rings is 2. The van der Waals surface area contributed by atoms with E-state index < -0.39 is 0 Å². The predicted molar refractivity (Wildman–Crippen MR) is 65.2 cm³/mol. The third-order valence-electron chi connectivity index (χ3n) is 2.42. The molecule has 1 heteroatoms. The van der Waals surface area contributed by atoms with Crippen LogP contribution in [-0.2, 0) is 0 Å². The molecule has 0 bridgehead atoms. The second kappa shape index (κ2) is 4.18. The van der Waals surface area contributed by atoms with Gasteiger partial charge in [0.15, 0.2) is 0 Å². The van der Waals surface area contributed by atoms with Crippen LogP contribution in [0.15, 0.2) is 43.0 Å². The Kier molecular flexibility index (Phi) is 2.72. The molecular weight excluding hydrogens is 184 g/mol. The lowest BCUT2D eigenvalue weighted by atomic mass is 10.1. The second-order valence-electron chi connectivity index (χ2n) is 3.34. The number of fused-ring (bicyclic) bond motifs is 1. The Labute approximate surface area is 90.0 Å². The first-order valence-electron chi connectivity index (χ1n) is 5.13. The maximum Gasteiger partial charge on any atom is 0.134 e. The molecule has 0 aliphatic heterocycles. The van der Waals surface area contributed by atoms with Gasteiger partial charge >= 0.3 is 0 Å². The van der Waals surface area contributed by atoms with Gasteiger partial charge < -0.3 is 4.74 Å². The molecule has 2 aromatic rings. The van der Waals surface area contributed by atoms with Crippen molar-refractivity contribution >= 4 is 16.8 Å². The van der Waals surface area contributed by atoms with E-state index in [1.54, 1.807) is 0 Å². The Bertz CT molecular complexity index is 486. The van der Waals surface area contributed by atoms with Gasteiger partial charge in [0.25, 0.3) is 0 Å². The lowest BCUT2D eigenvalue weighted by Gasteiger charge is -2.10. The highest BCUT2D eigenvalue weighted by Crippen LogP contribution is 2.30. The minimum absolute atomic E-state index is 0.675. The van der Waals surface area contributed by atoms with Crippen LogP contribution in [0.4, 0.5) is 0 Å². The van der Waals surface area contributed by atoms with Crippen molar-refractivity contribution in [1.29, 1.82) is 0 Å². The first-order valence-corrected chi connectivity index (χ1v) is 5.13. The molecule has 0 unspecified atom stereocenters. The van der Waals surface area contributed by atoms with E-state index in [0.29, 0.717) is 6.61 Å². The topological polar surface area (TPSA) is 9.23 Å². The average Bonchev–Trinajstić information content (AvgIpc) is 2.30. The van der Waals surface area contributed by atoms with Gasteiger partial charge in [-0.2, -0.15) is 0 Å². The highest BCUT2D eigenvalue weighted by molar-refractivity contribution is 5.91. The molecule has 0 spiro atoms. The summed E-state index contributed by atoms with van der Waals surface area (Å²) in [5, 5.41) is 2.35. The molecule has 1 nitrogen and oxygen atoms in total. The van der Waals surface area contributed by atoms with Crippen molar-refractivity contribution in [3.05, 3.63) is 48.5 Å². The molecule has 0 N–H and O–H groups in total. The standard InChI is InChI=1S/C14H14O/c1-3-11-9-10-12-7-5-6-8-13(12)14(11)15-4-2/h3,5-10H,1,4H2,2H3. The minimum Gasteiger partial charge on any atom is -0.493 e. The van der Waals surface area contributed by atoms with E-state index in [0.717, 1.165) is 16.7 Å². The van der Waals surface area contributed by atoms with Crippen molar-refractivity contribution in [3.8, 4) is 5.75 Å². The molecule has 0 aliphatic rings. The van der Waals surface area contributed by atoms with Gasteiger partial charge in [-0.15, -0.1) is 0 Å². The number of ether oxygens (including phenoxy) is 1. The Morgan fingerprint density at radius 1 is 1.20 bits per heavy atom. The molecular formula is C14H14O. The molecule has 76 valence electrons. The van der Waals surface area contributed by atoms with Gasteiger partial charge in [0.05, 0.1) is 6.61 Å². The third-order valence-corrected chi connectivity index (χ3v) is 2.42. The summed E-state index contributed by atoms with van der Waals surface area (Å²) in [5.41, 5.74) is 1.05. The van der Waals surface area contributed by atoms with Crippen molar-refractivity contribution in [1.82, 2.24) is 0 Å². The Balaban J connectivity index is 2.72. The first-order chi connectivity index (χ1) is 7.36. The first kappa shape index (κ1) is 9.78. The van der Waals surface area contributed by atoms with Crippen LogP contribution in [0.3, 0.4) is 0 Å². The van der Waals surface area contributed by atoms with Gasteiger partial charge in [-0.1, -0.05) is 49.1 Å². The van der Waals surface area contributed by atoms with Crippen LogP contribution in [0.5, 0.6) is 5.75 Å². The van der Waals surface area contributed by atoms with E-state index in [9.17, 15) is 0 Å². The third kappa shape index (κ3) is 1.73. The van der Waals surface area contributed by atoms with Crippen LogP contribution in [0.1, 0.15) is 12.5 Å². The summed E-state index contributed by atoms with van der Waals surface area (Å²) in [6.07, 6.45) is 1.83. The SMILES string of the molecule is C=Cc1ccc2ccccc2c1OCC. The monoisotopic (exact) mass is 198 g/mol. The Morgan fingerprint density at radius 3 is 2.73 bits per heavy atom. The van der Waals surface area contributed by atoms with Crippen LogP contribution in [0.2, 0.25) is 0 Å². The highest BCUT2D eigenvalue weighted by atomic mass is 16.5. The summed E-state index contributed by atoms with van der Waals surface area (Å²) in [4.78, 5) is 0. The second-order valence-corrected chi connectivity index (χ2v) is 3.34. The molecule has 0 radical (unpaired) electrons. The molecule has 0 saturated heterocycles. The van der Waals surface area contributed by atoms with Gasteiger partial charge in [0, 0.05) is 10.9 Å². The molecule has 0 heterocycles. The highest BCUT2D eigenvalue weighted by Gasteiger charge is 2.05. The zero-order chi connectivity index (χ0) is 10.7. The summed E-state index contributed by atoms with van der Waals surface area (Å²) < 4.78 is 5.67. The van der Waals surface area contributed by atoms with Crippen molar-refractivity contribution in [2.75, 3.05) is 6.61 Å². The normalized spacial score (nSPS) is 10.2. The molecule has 15 heavy (non-hydrogen) atoms. The zero-order valence-corrected chi connectivity index (χ0v) is 8.86. The van der Waals surface area contributed by atoms with E-state index >= 15 is 0 Å². The molecule has 2 rings (SSSR count). The number of hydrogen-bond donors (Lipinski definition) is 0. The van der Waals surface area contributed by atoms with Gasteiger partial charge in [0.1, 0.15) is 5.75 Å². The zero-order valence-electron chi connectivity index (χ0n) is 8.86. The van der Waals surface area contributed by atoms with Crippen LogP contribution in [0, 0.1) is 0 Å². The number of hydrogen-bond acceptors (Lipinski definition) is 1. The summed E-state index contributed by atoms with van der Waals surface area (Å²) >= 11 is 0. The largest absolute Gasteiger partial charge is 0.493 e.